The van der Waals surface area contributed by atoms with E-state index in [1.807, 2.05) is 0 Å². The molecule has 0 aliphatic rings. The molecule has 0 fully saturated rings. The SMILES string of the molecule is Cc1[nH]n(-c2ccc(S(=O)(=O)O)cc2)c(=O)c1N=Nc1cc(S(=O)(=O)O)c(N)cc1S(=O)(=O)O. The molecule has 0 spiro atoms. The van der Waals surface area contributed by atoms with E-state index in [2.05, 4.69) is 15.3 Å². The Morgan fingerprint density at radius 3 is 1.91 bits per heavy atom. The van der Waals surface area contributed by atoms with Gasteiger partial charge in [-0.2, -0.15) is 25.3 Å². The van der Waals surface area contributed by atoms with Gasteiger partial charge in [-0.3, -0.25) is 23.6 Å². The van der Waals surface area contributed by atoms with Crippen LogP contribution in [0.4, 0.5) is 17.1 Å². The number of benzene rings is 2. The van der Waals surface area contributed by atoms with Crippen molar-refractivity contribution in [3.05, 3.63) is 52.4 Å². The first-order valence-corrected chi connectivity index (χ1v) is 13.0. The van der Waals surface area contributed by atoms with Crippen LogP contribution in [0.2, 0.25) is 0 Å². The topological polar surface area (TPSA) is 252 Å². The van der Waals surface area contributed by atoms with Crippen molar-refractivity contribution < 1.29 is 38.9 Å². The Morgan fingerprint density at radius 2 is 1.41 bits per heavy atom. The lowest BCUT2D eigenvalue weighted by atomic mass is 10.3. The van der Waals surface area contributed by atoms with Crippen LogP contribution >= 0.6 is 0 Å². The van der Waals surface area contributed by atoms with Crippen LogP contribution in [-0.4, -0.2) is 48.7 Å². The summed E-state index contributed by atoms with van der Waals surface area (Å²) < 4.78 is 97.2. The second kappa shape index (κ2) is 8.42. The van der Waals surface area contributed by atoms with E-state index in [-0.39, 0.29) is 17.1 Å². The van der Waals surface area contributed by atoms with E-state index in [1.54, 1.807) is 0 Å². The maximum absolute atomic E-state index is 12.7. The van der Waals surface area contributed by atoms with Gasteiger partial charge in [0, 0.05) is 0 Å². The van der Waals surface area contributed by atoms with Crippen LogP contribution in [0.5, 0.6) is 0 Å². The molecule has 0 radical (unpaired) electrons. The molecular weight excluding hydrogens is 518 g/mol. The summed E-state index contributed by atoms with van der Waals surface area (Å²) in [6, 6.07) is 5.58. The number of aromatic nitrogens is 2. The lowest BCUT2D eigenvalue weighted by Gasteiger charge is -2.07. The normalized spacial score (nSPS) is 12.9. The smallest absolute Gasteiger partial charge is 0.299 e. The summed E-state index contributed by atoms with van der Waals surface area (Å²) >= 11 is 0. The largest absolute Gasteiger partial charge is 0.398 e. The standard InChI is InChI=1S/C16H15N5O10S3/c1-8-15(16(22)21(20-8)9-2-4-10(5-3-9)32(23,24)25)19-18-12-7-13(33(26,27)28)11(17)6-14(12)34(29,30)31/h2-7,20H,17H2,1H3,(H,23,24,25)(H,26,27,28)(H,29,30,31). The van der Waals surface area contributed by atoms with Crippen LogP contribution in [-0.2, 0) is 30.4 Å². The Hall–Kier alpha value is -3.42. The number of rotatable bonds is 6. The molecule has 0 amide bonds. The molecule has 0 bridgehead atoms. The summed E-state index contributed by atoms with van der Waals surface area (Å²) in [6.07, 6.45) is 0. The maximum Gasteiger partial charge on any atom is 0.299 e. The quantitative estimate of drug-likeness (QED) is 0.171. The van der Waals surface area contributed by atoms with Crippen LogP contribution in [0, 0.1) is 6.92 Å². The summed E-state index contributed by atoms with van der Waals surface area (Å²) in [6.45, 7) is 1.40. The van der Waals surface area contributed by atoms with Crippen molar-refractivity contribution in [2.45, 2.75) is 21.6 Å². The van der Waals surface area contributed by atoms with Gasteiger partial charge in [0.2, 0.25) is 0 Å². The second-order valence-corrected chi connectivity index (χ2v) is 10.9. The number of aromatic amines is 1. The highest BCUT2D eigenvalue weighted by Gasteiger charge is 2.23. The van der Waals surface area contributed by atoms with Gasteiger partial charge in [-0.25, -0.2) is 4.68 Å². The molecule has 1 heterocycles. The van der Waals surface area contributed by atoms with Crippen molar-refractivity contribution in [2.24, 2.45) is 10.2 Å². The third-order valence-electron chi connectivity index (χ3n) is 4.34. The Labute approximate surface area is 191 Å². The van der Waals surface area contributed by atoms with Crippen LogP contribution in [0.25, 0.3) is 5.69 Å². The summed E-state index contributed by atoms with van der Waals surface area (Å²) in [5.74, 6) is 0. The molecule has 0 unspecified atom stereocenters. The van der Waals surface area contributed by atoms with E-state index in [4.69, 9.17) is 10.3 Å². The number of nitrogens with two attached hydrogens (primary N) is 1. The Bertz CT molecular complexity index is 1700. The van der Waals surface area contributed by atoms with Crippen molar-refractivity contribution in [2.75, 3.05) is 5.73 Å². The minimum absolute atomic E-state index is 0.117. The molecule has 3 rings (SSSR count). The highest BCUT2D eigenvalue weighted by atomic mass is 32.2. The second-order valence-electron chi connectivity index (χ2n) is 6.70. The zero-order valence-corrected chi connectivity index (χ0v) is 19.3. The summed E-state index contributed by atoms with van der Waals surface area (Å²) in [5, 5.41) is 9.81. The van der Waals surface area contributed by atoms with Crippen LogP contribution in [0.3, 0.4) is 0 Å². The molecule has 182 valence electrons. The van der Waals surface area contributed by atoms with E-state index < -0.39 is 62.0 Å². The van der Waals surface area contributed by atoms with Gasteiger partial charge in [0.25, 0.3) is 35.9 Å². The minimum Gasteiger partial charge on any atom is -0.398 e. The fourth-order valence-corrected chi connectivity index (χ4v) is 4.52. The predicted octanol–water partition coefficient (Wildman–Crippen LogP) is 1.21. The first kappa shape index (κ1) is 25.2. The molecule has 0 atom stereocenters. The number of hydrogen-bond donors (Lipinski definition) is 5. The molecular formula is C16H15N5O10S3. The molecule has 3 aromatic rings. The number of aryl methyl sites for hydroxylation is 1. The number of azo groups is 1. The van der Waals surface area contributed by atoms with Crippen LogP contribution in [0.15, 0.2) is 66.1 Å². The van der Waals surface area contributed by atoms with Crippen molar-refractivity contribution in [3.8, 4) is 5.69 Å². The fourth-order valence-electron chi connectivity index (χ4n) is 2.78. The monoisotopic (exact) mass is 533 g/mol. The average molecular weight is 534 g/mol. The first-order chi connectivity index (χ1) is 15.5. The third-order valence-corrected chi connectivity index (χ3v) is 7.00. The summed E-state index contributed by atoms with van der Waals surface area (Å²) in [5.41, 5.74) is 3.08. The van der Waals surface area contributed by atoms with Crippen LogP contribution < -0.4 is 11.3 Å². The number of nitrogens with one attached hydrogen (secondary N) is 1. The van der Waals surface area contributed by atoms with Gasteiger partial charge < -0.3 is 5.73 Å². The van der Waals surface area contributed by atoms with Gasteiger partial charge in [-0.1, -0.05) is 0 Å². The fraction of sp³-hybridized carbons (Fsp3) is 0.0625. The summed E-state index contributed by atoms with van der Waals surface area (Å²) in [7, 11) is -14.3. The number of hydrogen-bond acceptors (Lipinski definition) is 10. The van der Waals surface area contributed by atoms with Crippen LogP contribution in [0.1, 0.15) is 5.69 Å². The van der Waals surface area contributed by atoms with Crippen molar-refractivity contribution >= 4 is 47.4 Å². The Kier molecular flexibility index (Phi) is 6.24. The van der Waals surface area contributed by atoms with Gasteiger partial charge in [0.05, 0.1) is 22.0 Å². The van der Waals surface area contributed by atoms with Gasteiger partial charge >= 0.3 is 0 Å². The lowest BCUT2D eigenvalue weighted by molar-refractivity contribution is 0.479. The van der Waals surface area contributed by atoms with Gasteiger partial charge in [-0.05, 0) is 43.3 Å². The molecule has 0 aliphatic carbocycles. The van der Waals surface area contributed by atoms with Crippen molar-refractivity contribution in [1.29, 1.82) is 0 Å². The minimum atomic E-state index is -4.97. The molecule has 6 N–H and O–H groups in total. The van der Waals surface area contributed by atoms with Gasteiger partial charge in [0.1, 0.15) is 15.5 Å². The summed E-state index contributed by atoms with van der Waals surface area (Å²) in [4.78, 5) is 10.5. The molecule has 1 aromatic heterocycles. The Morgan fingerprint density at radius 1 is 0.853 bits per heavy atom. The Balaban J connectivity index is 2.13. The van der Waals surface area contributed by atoms with E-state index >= 15 is 0 Å². The number of nitrogen functional groups attached to an aromatic ring is 1. The van der Waals surface area contributed by atoms with E-state index in [9.17, 15) is 39.2 Å². The molecule has 18 heteroatoms. The molecule has 0 saturated carbocycles. The van der Waals surface area contributed by atoms with Gasteiger partial charge in [-0.15, -0.1) is 10.2 Å². The zero-order chi connectivity index (χ0) is 25.6. The lowest BCUT2D eigenvalue weighted by Crippen LogP contribution is -2.14. The molecule has 2 aromatic carbocycles. The molecule has 0 aliphatic heterocycles. The molecule has 0 saturated heterocycles. The van der Waals surface area contributed by atoms with Crippen molar-refractivity contribution in [1.82, 2.24) is 9.78 Å². The zero-order valence-electron chi connectivity index (χ0n) is 16.8. The van der Waals surface area contributed by atoms with E-state index in [1.165, 1.54) is 19.1 Å². The number of nitrogens with zero attached hydrogens (tertiary/aromatic N) is 3. The number of anilines is 1. The third kappa shape index (κ3) is 5.05. The molecule has 34 heavy (non-hydrogen) atoms. The van der Waals surface area contributed by atoms with E-state index in [0.717, 1.165) is 16.8 Å². The maximum atomic E-state index is 12.7. The highest BCUT2D eigenvalue weighted by Crippen LogP contribution is 2.33. The van der Waals surface area contributed by atoms with Gasteiger partial charge in [0.15, 0.2) is 5.69 Å². The van der Waals surface area contributed by atoms with Crippen molar-refractivity contribution in [3.63, 3.8) is 0 Å². The first-order valence-electron chi connectivity index (χ1n) is 8.70. The van der Waals surface area contributed by atoms with E-state index in [0.29, 0.717) is 12.1 Å². The predicted molar refractivity (Wildman–Crippen MR) is 116 cm³/mol. The highest BCUT2D eigenvalue weighted by molar-refractivity contribution is 7.86. The number of H-pyrrole nitrogens is 1. The average Bonchev–Trinajstić information content (AvgIpc) is 2.98. The molecule has 15 nitrogen and oxygen atoms in total.